The average molecular weight is 334 g/mol. The van der Waals surface area contributed by atoms with E-state index in [2.05, 4.69) is 0 Å². The second kappa shape index (κ2) is 6.66. The van der Waals surface area contributed by atoms with E-state index in [1.807, 2.05) is 13.8 Å². The van der Waals surface area contributed by atoms with Crippen LogP contribution in [-0.4, -0.2) is 20.4 Å². The molecular formula is C14H20ClNO4S. The third-order valence-electron chi connectivity index (χ3n) is 3.15. The van der Waals surface area contributed by atoms with Crippen LogP contribution in [0.1, 0.15) is 44.2 Å². The zero-order valence-corrected chi connectivity index (χ0v) is 14.1. The number of amides is 1. The van der Waals surface area contributed by atoms with Crippen molar-refractivity contribution in [3.05, 3.63) is 23.3 Å². The van der Waals surface area contributed by atoms with Crippen LogP contribution in [0.3, 0.4) is 0 Å². The first kappa shape index (κ1) is 17.8. The van der Waals surface area contributed by atoms with Gasteiger partial charge in [-0.15, -0.1) is 0 Å². The summed E-state index contributed by atoms with van der Waals surface area (Å²) in [6.07, 6.45) is -0.318. The molecule has 2 N–H and O–H groups in total. The molecule has 0 aliphatic carbocycles. The van der Waals surface area contributed by atoms with Crippen molar-refractivity contribution in [2.75, 3.05) is 0 Å². The van der Waals surface area contributed by atoms with Crippen LogP contribution in [-0.2, 0) is 13.8 Å². The van der Waals surface area contributed by atoms with E-state index in [1.165, 1.54) is 6.07 Å². The lowest BCUT2D eigenvalue weighted by atomic mass is 10.0. The molecule has 1 aromatic rings. The monoisotopic (exact) mass is 333 g/mol. The molecule has 1 amide bonds. The van der Waals surface area contributed by atoms with E-state index in [4.69, 9.17) is 21.2 Å². The summed E-state index contributed by atoms with van der Waals surface area (Å²) in [4.78, 5) is 11.4. The molecule has 0 aliphatic heterocycles. The zero-order valence-electron chi connectivity index (χ0n) is 12.5. The first-order valence-corrected chi connectivity index (χ1v) is 8.94. The molecule has 0 fully saturated rings. The highest BCUT2D eigenvalue weighted by atomic mass is 35.7. The number of primary amides is 1. The molecule has 0 bridgehead atoms. The van der Waals surface area contributed by atoms with Gasteiger partial charge in [0.05, 0.1) is 4.90 Å². The van der Waals surface area contributed by atoms with Gasteiger partial charge in [0.1, 0.15) is 5.75 Å². The lowest BCUT2D eigenvalue weighted by Gasteiger charge is -2.20. The lowest BCUT2D eigenvalue weighted by molar-refractivity contribution is -0.124. The number of carbonyl (C=O) groups excluding carboxylic acids is 1. The number of benzene rings is 1. The molecule has 1 rings (SSSR count). The molecule has 7 heteroatoms. The van der Waals surface area contributed by atoms with Crippen molar-refractivity contribution >= 4 is 25.6 Å². The number of halogens is 1. The Hall–Kier alpha value is -1.27. The Morgan fingerprint density at radius 3 is 2.33 bits per heavy atom. The fourth-order valence-electron chi connectivity index (χ4n) is 1.99. The molecule has 21 heavy (non-hydrogen) atoms. The van der Waals surface area contributed by atoms with Gasteiger partial charge in [-0.3, -0.25) is 4.79 Å². The van der Waals surface area contributed by atoms with E-state index in [0.717, 1.165) is 0 Å². The van der Waals surface area contributed by atoms with E-state index >= 15 is 0 Å². The number of carbonyl (C=O) groups is 1. The highest BCUT2D eigenvalue weighted by Gasteiger charge is 2.22. The van der Waals surface area contributed by atoms with Gasteiger partial charge in [0.2, 0.25) is 0 Å². The van der Waals surface area contributed by atoms with Crippen molar-refractivity contribution in [3.63, 3.8) is 0 Å². The molecule has 0 saturated heterocycles. The van der Waals surface area contributed by atoms with Gasteiger partial charge in [-0.2, -0.15) is 0 Å². The number of aryl methyl sites for hydroxylation is 1. The first-order valence-electron chi connectivity index (χ1n) is 6.63. The summed E-state index contributed by atoms with van der Waals surface area (Å²) in [7, 11) is 1.60. The third-order valence-corrected chi connectivity index (χ3v) is 4.61. The van der Waals surface area contributed by atoms with Crippen LogP contribution in [0.5, 0.6) is 5.75 Å². The number of rotatable bonds is 6. The van der Waals surface area contributed by atoms with Gasteiger partial charge < -0.3 is 10.5 Å². The van der Waals surface area contributed by atoms with Crippen LogP contribution < -0.4 is 10.5 Å². The summed E-state index contributed by atoms with van der Waals surface area (Å²) in [6, 6.07) is 3.07. The van der Waals surface area contributed by atoms with Crippen LogP contribution in [0.4, 0.5) is 0 Å². The number of hydrogen-bond donors (Lipinski definition) is 1. The number of ether oxygens (including phenoxy) is 1. The standard InChI is InChI=1S/C14H20ClNO4S/c1-5-11(14(16)17)20-12-6-9(4)13(21(15,18)19)7-10(12)8(2)3/h6-8,11H,5H2,1-4H3,(H2,16,17). The molecule has 1 unspecified atom stereocenters. The van der Waals surface area contributed by atoms with Crippen molar-refractivity contribution < 1.29 is 17.9 Å². The Labute approximate surface area is 129 Å². The van der Waals surface area contributed by atoms with E-state index in [-0.39, 0.29) is 10.8 Å². The van der Waals surface area contributed by atoms with Crippen LogP contribution >= 0.6 is 10.7 Å². The predicted molar refractivity (Wildman–Crippen MR) is 82.2 cm³/mol. The first-order chi connectivity index (χ1) is 9.57. The molecule has 0 spiro atoms. The highest BCUT2D eigenvalue weighted by Crippen LogP contribution is 2.33. The molecule has 0 aromatic heterocycles. The molecule has 0 radical (unpaired) electrons. The van der Waals surface area contributed by atoms with E-state index in [0.29, 0.717) is 23.3 Å². The maximum atomic E-state index is 11.6. The number of hydrogen-bond acceptors (Lipinski definition) is 4. The Morgan fingerprint density at radius 2 is 1.95 bits per heavy atom. The molecule has 0 saturated carbocycles. The second-order valence-electron chi connectivity index (χ2n) is 5.17. The Kier molecular flexibility index (Phi) is 5.64. The summed E-state index contributed by atoms with van der Waals surface area (Å²) in [5.41, 5.74) is 6.41. The highest BCUT2D eigenvalue weighted by molar-refractivity contribution is 8.13. The summed E-state index contributed by atoms with van der Waals surface area (Å²) < 4.78 is 28.8. The van der Waals surface area contributed by atoms with Gasteiger partial charge >= 0.3 is 0 Å². The van der Waals surface area contributed by atoms with Crippen molar-refractivity contribution in [1.82, 2.24) is 0 Å². The van der Waals surface area contributed by atoms with Crippen LogP contribution in [0, 0.1) is 6.92 Å². The summed E-state index contributed by atoms with van der Waals surface area (Å²) in [5, 5.41) is 0. The van der Waals surface area contributed by atoms with Crippen molar-refractivity contribution in [3.8, 4) is 5.75 Å². The fraction of sp³-hybridized carbons (Fsp3) is 0.500. The topological polar surface area (TPSA) is 86.5 Å². The van der Waals surface area contributed by atoms with Gasteiger partial charge in [0.15, 0.2) is 6.10 Å². The van der Waals surface area contributed by atoms with Crippen LogP contribution in [0.15, 0.2) is 17.0 Å². The lowest BCUT2D eigenvalue weighted by Crippen LogP contribution is -2.33. The molecule has 0 aliphatic rings. The molecule has 0 heterocycles. The Bertz CT molecular complexity index is 641. The zero-order chi connectivity index (χ0) is 16.4. The van der Waals surface area contributed by atoms with Gasteiger partial charge in [-0.25, -0.2) is 8.42 Å². The van der Waals surface area contributed by atoms with Gasteiger partial charge in [-0.1, -0.05) is 20.8 Å². The fourth-order valence-corrected chi connectivity index (χ4v) is 3.20. The quantitative estimate of drug-likeness (QED) is 0.811. The predicted octanol–water partition coefficient (Wildman–Crippen LogP) is 2.69. The maximum absolute atomic E-state index is 11.6. The van der Waals surface area contributed by atoms with Crippen molar-refractivity contribution in [2.24, 2.45) is 5.73 Å². The molecule has 1 atom stereocenters. The Balaban J connectivity index is 3.39. The largest absolute Gasteiger partial charge is 0.480 e. The minimum absolute atomic E-state index is 0.00292. The van der Waals surface area contributed by atoms with Gasteiger partial charge in [0, 0.05) is 10.7 Å². The molecule has 118 valence electrons. The minimum atomic E-state index is -3.83. The van der Waals surface area contributed by atoms with Crippen LogP contribution in [0.2, 0.25) is 0 Å². The van der Waals surface area contributed by atoms with Gasteiger partial charge in [-0.05, 0) is 42.5 Å². The number of nitrogens with two attached hydrogens (primary N) is 1. The molecular weight excluding hydrogens is 314 g/mol. The summed E-state index contributed by atoms with van der Waals surface area (Å²) in [5.74, 6) is -0.0979. The van der Waals surface area contributed by atoms with E-state index < -0.39 is 21.1 Å². The summed E-state index contributed by atoms with van der Waals surface area (Å²) in [6.45, 7) is 7.20. The third kappa shape index (κ3) is 4.35. The SMILES string of the molecule is CCC(Oc1cc(C)c(S(=O)(=O)Cl)cc1C(C)C)C(N)=O. The Morgan fingerprint density at radius 1 is 1.38 bits per heavy atom. The average Bonchev–Trinajstić information content (AvgIpc) is 2.33. The van der Waals surface area contributed by atoms with Crippen molar-refractivity contribution in [1.29, 1.82) is 0 Å². The molecule has 1 aromatic carbocycles. The van der Waals surface area contributed by atoms with E-state index in [1.54, 1.807) is 19.9 Å². The minimum Gasteiger partial charge on any atom is -0.480 e. The summed E-state index contributed by atoms with van der Waals surface area (Å²) >= 11 is 0. The van der Waals surface area contributed by atoms with E-state index in [9.17, 15) is 13.2 Å². The normalized spacial score (nSPS) is 13.2. The smallest absolute Gasteiger partial charge is 0.261 e. The van der Waals surface area contributed by atoms with Crippen LogP contribution in [0.25, 0.3) is 0 Å². The van der Waals surface area contributed by atoms with Gasteiger partial charge in [0.25, 0.3) is 15.0 Å². The second-order valence-corrected chi connectivity index (χ2v) is 7.70. The molecule has 5 nitrogen and oxygen atoms in total. The maximum Gasteiger partial charge on any atom is 0.261 e. The van der Waals surface area contributed by atoms with Crippen molar-refractivity contribution in [2.45, 2.75) is 51.0 Å².